The van der Waals surface area contributed by atoms with Crippen LogP contribution in [0.1, 0.15) is 0 Å². The maximum absolute atomic E-state index is 4.94. The molecule has 152 valence electrons. The fourth-order valence-corrected chi connectivity index (χ4v) is 8.52. The molecule has 0 aliphatic carbocycles. The van der Waals surface area contributed by atoms with Crippen LogP contribution in [0.4, 0.5) is 0 Å². The van der Waals surface area contributed by atoms with E-state index in [-0.39, 0.29) is 0 Å². The Morgan fingerprint density at radius 3 is 0.724 bits per heavy atom. The minimum atomic E-state index is -2.30. The molecule has 0 aliphatic rings. The Labute approximate surface area is 190 Å². The van der Waals surface area contributed by atoms with Gasteiger partial charge in [-0.2, -0.15) is 0 Å². The van der Waals surface area contributed by atoms with Crippen LogP contribution in [0.3, 0.4) is 0 Å². The molecule has 0 fully saturated rings. The van der Waals surface area contributed by atoms with Crippen LogP contribution in [0.25, 0.3) is 0 Å². The van der Waals surface area contributed by atoms with Crippen LogP contribution in [-0.4, -0.2) is 0 Å². The van der Waals surface area contributed by atoms with Crippen LogP contribution in [0.2, 0.25) is 0 Å². The molecular weight excluding hydrogens is 529 g/mol. The van der Waals surface area contributed by atoms with Gasteiger partial charge in [0.1, 0.15) is 0 Å². The first kappa shape index (κ1) is 22.5. The number of rotatable bonds is 4. The summed E-state index contributed by atoms with van der Waals surface area (Å²) in [6, 6.07) is 44.0. The van der Waals surface area contributed by atoms with E-state index >= 15 is 0 Å². The number of benzene rings is 4. The molecular formula is C24H21Cl3PRh. The van der Waals surface area contributed by atoms with Gasteiger partial charge in [-0.15, -0.1) is 0 Å². The summed E-state index contributed by atoms with van der Waals surface area (Å²) in [6.45, 7) is 0. The van der Waals surface area contributed by atoms with Crippen LogP contribution >= 0.6 is 36.3 Å². The molecule has 0 atom stereocenters. The summed E-state index contributed by atoms with van der Waals surface area (Å²) in [4.78, 5) is 0. The van der Waals surface area contributed by atoms with Gasteiger partial charge in [0.05, 0.1) is 0 Å². The van der Waals surface area contributed by atoms with Gasteiger partial charge in [-0.1, -0.05) is 0 Å². The van der Waals surface area contributed by atoms with Crippen LogP contribution in [0.5, 0.6) is 0 Å². The molecule has 0 spiro atoms. The summed E-state index contributed by atoms with van der Waals surface area (Å²) in [7, 11) is 12.5. The van der Waals surface area contributed by atoms with Gasteiger partial charge in [-0.05, 0) is 0 Å². The first-order valence-corrected chi connectivity index (χ1v) is 17.4. The predicted molar refractivity (Wildman–Crippen MR) is 130 cm³/mol. The summed E-state index contributed by atoms with van der Waals surface area (Å²) in [5.41, 5.74) is 0. The van der Waals surface area contributed by atoms with E-state index in [4.69, 9.17) is 29.1 Å². The topological polar surface area (TPSA) is 0 Å². The van der Waals surface area contributed by atoms with Crippen molar-refractivity contribution in [3.63, 3.8) is 0 Å². The number of hydrogen-bond acceptors (Lipinski definition) is 0. The van der Waals surface area contributed by atoms with Gasteiger partial charge in [-0.25, -0.2) is 0 Å². The van der Waals surface area contributed by atoms with Gasteiger partial charge in [0.25, 0.3) is 0 Å². The molecule has 0 saturated heterocycles. The monoisotopic (exact) mass is 548 g/mol. The summed E-state index contributed by atoms with van der Waals surface area (Å²) in [6.07, 6.45) is 0. The van der Waals surface area contributed by atoms with E-state index in [0.717, 1.165) is 0 Å². The van der Waals surface area contributed by atoms with E-state index < -0.39 is 20.2 Å². The molecule has 4 aromatic carbocycles. The Hall–Kier alpha value is -1.20. The van der Waals surface area contributed by atoms with Crippen molar-refractivity contribution in [1.82, 2.24) is 0 Å². The first-order chi connectivity index (χ1) is 14.2. The molecule has 0 aromatic heterocycles. The molecule has 0 heterocycles. The van der Waals surface area contributed by atoms with Crippen LogP contribution in [-0.2, 0) is 13.0 Å². The van der Waals surface area contributed by atoms with Crippen molar-refractivity contribution in [3.05, 3.63) is 121 Å². The molecule has 0 nitrogen and oxygen atoms in total. The van der Waals surface area contributed by atoms with Gasteiger partial charge in [0, 0.05) is 0 Å². The van der Waals surface area contributed by atoms with Crippen molar-refractivity contribution in [2.45, 2.75) is 0 Å². The molecule has 0 unspecified atom stereocenters. The molecule has 0 bridgehead atoms. The molecule has 0 amide bonds. The first-order valence-electron chi connectivity index (χ1n) is 9.02. The van der Waals surface area contributed by atoms with E-state index in [0.29, 0.717) is 0 Å². The molecule has 29 heavy (non-hydrogen) atoms. The number of halogens is 3. The normalized spacial score (nSPS) is 11.8. The average Bonchev–Trinajstić information content (AvgIpc) is 2.77. The fourth-order valence-electron chi connectivity index (χ4n) is 3.75. The summed E-state index contributed by atoms with van der Waals surface area (Å²) in [5.74, 6) is 0. The van der Waals surface area contributed by atoms with E-state index in [2.05, 4.69) is 121 Å². The van der Waals surface area contributed by atoms with Crippen molar-refractivity contribution in [2.24, 2.45) is 0 Å². The van der Waals surface area contributed by atoms with E-state index in [1.54, 1.807) is 0 Å². The maximum atomic E-state index is 4.94. The molecule has 4 aromatic rings. The van der Waals surface area contributed by atoms with Gasteiger partial charge in [-0.3, -0.25) is 0 Å². The Morgan fingerprint density at radius 2 is 0.552 bits per heavy atom. The minimum absolute atomic E-state index is 1.42. The molecule has 4 rings (SSSR count). The quantitative estimate of drug-likeness (QED) is 0.213. The van der Waals surface area contributed by atoms with Crippen molar-refractivity contribution >= 4 is 57.6 Å². The van der Waals surface area contributed by atoms with Gasteiger partial charge >= 0.3 is 192 Å². The van der Waals surface area contributed by atoms with Gasteiger partial charge in [0.2, 0.25) is 0 Å². The zero-order chi connectivity index (χ0) is 20.5. The van der Waals surface area contributed by atoms with E-state index in [1.165, 1.54) is 21.2 Å². The zero-order valence-corrected chi connectivity index (χ0v) is 20.4. The SMILES string of the molecule is [Cl][Rh]([Cl])[Cl].c1ccc([PH](c2ccccc2)(c2ccccc2)c2ccccc2)cc1. The second-order valence-corrected chi connectivity index (χ2v) is 17.6. The molecule has 0 saturated carbocycles. The summed E-state index contributed by atoms with van der Waals surface area (Å²) in [5, 5.41) is 5.66. The number of hydrogen-bond donors (Lipinski definition) is 0. The van der Waals surface area contributed by atoms with Crippen molar-refractivity contribution < 1.29 is 13.0 Å². The van der Waals surface area contributed by atoms with Crippen molar-refractivity contribution in [2.75, 3.05) is 0 Å². The predicted octanol–water partition coefficient (Wildman–Crippen LogP) is 6.10. The van der Waals surface area contributed by atoms with Crippen LogP contribution in [0, 0.1) is 0 Å². The second kappa shape index (κ2) is 11.3. The Bertz CT molecular complexity index is 815. The van der Waals surface area contributed by atoms with E-state index in [9.17, 15) is 0 Å². The van der Waals surface area contributed by atoms with Gasteiger partial charge < -0.3 is 0 Å². The third-order valence-electron chi connectivity index (χ3n) is 4.83. The summed E-state index contributed by atoms with van der Waals surface area (Å²) < 4.78 is 0. The van der Waals surface area contributed by atoms with E-state index in [1.807, 2.05) is 0 Å². The molecule has 0 radical (unpaired) electrons. The Balaban J connectivity index is 0.000000552. The third-order valence-corrected chi connectivity index (χ3v) is 9.62. The third kappa shape index (κ3) is 5.49. The van der Waals surface area contributed by atoms with Gasteiger partial charge in [0.15, 0.2) is 0 Å². The van der Waals surface area contributed by atoms with Crippen LogP contribution in [0.15, 0.2) is 121 Å². The molecule has 0 aliphatic heterocycles. The standard InChI is InChI=1S/C24H21P.3ClH.Rh/c1-5-13-21(14-6-1)25(22-15-7-2-8-16-22,23-17-9-3-10-18-23)24-19-11-4-12-20-24;;;;/h1-20,25H;3*1H;/q;;;;+3/p-3. The summed E-state index contributed by atoms with van der Waals surface area (Å²) >= 11 is -1.66. The Morgan fingerprint density at radius 1 is 0.379 bits per heavy atom. The molecule has 5 heteroatoms. The van der Waals surface area contributed by atoms with Crippen molar-refractivity contribution in [3.8, 4) is 0 Å². The average molecular weight is 550 g/mol. The van der Waals surface area contributed by atoms with Crippen LogP contribution < -0.4 is 21.2 Å². The second-order valence-electron chi connectivity index (χ2n) is 6.36. The Kier molecular flexibility index (Phi) is 8.73. The molecule has 0 N–H and O–H groups in total. The van der Waals surface area contributed by atoms with Crippen molar-refractivity contribution in [1.29, 1.82) is 0 Å². The fraction of sp³-hybridized carbons (Fsp3) is 0. The zero-order valence-electron chi connectivity index (χ0n) is 15.5.